The van der Waals surface area contributed by atoms with Gasteiger partial charge in [0.05, 0.1) is 12.6 Å². The summed E-state index contributed by atoms with van der Waals surface area (Å²) in [7, 11) is 0. The number of rotatable bonds is 2. The zero-order valence-electron chi connectivity index (χ0n) is 10.5. The van der Waals surface area contributed by atoms with Gasteiger partial charge in [-0.2, -0.15) is 0 Å². The van der Waals surface area contributed by atoms with E-state index in [1.165, 1.54) is 0 Å². The second-order valence-electron chi connectivity index (χ2n) is 4.59. The van der Waals surface area contributed by atoms with Crippen molar-refractivity contribution >= 4 is 5.97 Å². The van der Waals surface area contributed by atoms with Crippen molar-refractivity contribution in [1.82, 2.24) is 5.32 Å². The first kappa shape index (κ1) is 11.9. The largest absolute Gasteiger partial charge is 0.454 e. The number of hydrogen-bond acceptors (Lipinski definition) is 3. The van der Waals surface area contributed by atoms with E-state index in [0.717, 1.165) is 11.1 Å². The zero-order chi connectivity index (χ0) is 13.1. The molecule has 2 atom stereocenters. The van der Waals surface area contributed by atoms with Crippen LogP contribution in [0, 0.1) is 0 Å². The van der Waals surface area contributed by atoms with Crippen molar-refractivity contribution < 1.29 is 9.53 Å². The van der Waals surface area contributed by atoms with Crippen LogP contribution >= 0.6 is 0 Å². The summed E-state index contributed by atoms with van der Waals surface area (Å²) in [5.41, 5.74) is 2.14. The molecule has 1 heterocycles. The molecule has 1 aliphatic heterocycles. The van der Waals surface area contributed by atoms with Gasteiger partial charge in [0.25, 0.3) is 0 Å². The fraction of sp³-hybridized carbons (Fsp3) is 0.188. The van der Waals surface area contributed by atoms with E-state index in [9.17, 15) is 4.79 Å². The van der Waals surface area contributed by atoms with Gasteiger partial charge in [-0.05, 0) is 11.1 Å². The van der Waals surface area contributed by atoms with Crippen LogP contribution < -0.4 is 5.32 Å². The smallest absolute Gasteiger partial charge is 0.320 e. The molecule has 1 N–H and O–H groups in total. The standard InChI is InChI=1S/C16H15NO2/c18-14-11-17-15(12-7-3-1-4-8-12)16(19-14)13-9-5-2-6-10-13/h1-10,15-17H,11H2/t15?,16-/m0/s1. The molecule has 0 saturated carbocycles. The molecule has 3 nitrogen and oxygen atoms in total. The van der Waals surface area contributed by atoms with Crippen molar-refractivity contribution in [2.45, 2.75) is 12.1 Å². The molecule has 1 saturated heterocycles. The first-order valence-corrected chi connectivity index (χ1v) is 6.37. The number of morpholine rings is 1. The lowest BCUT2D eigenvalue weighted by molar-refractivity contribution is -0.155. The Morgan fingerprint density at radius 3 is 2.11 bits per heavy atom. The van der Waals surface area contributed by atoms with Gasteiger partial charge in [0.2, 0.25) is 0 Å². The Balaban J connectivity index is 1.95. The van der Waals surface area contributed by atoms with Gasteiger partial charge in [0.1, 0.15) is 6.10 Å². The number of hydrogen-bond donors (Lipinski definition) is 1. The Bertz CT molecular complexity index is 553. The topological polar surface area (TPSA) is 38.3 Å². The van der Waals surface area contributed by atoms with Gasteiger partial charge in [0.15, 0.2) is 0 Å². The van der Waals surface area contributed by atoms with E-state index in [2.05, 4.69) is 5.32 Å². The van der Waals surface area contributed by atoms with E-state index in [1.807, 2.05) is 60.7 Å². The van der Waals surface area contributed by atoms with Gasteiger partial charge >= 0.3 is 5.97 Å². The van der Waals surface area contributed by atoms with Gasteiger partial charge in [-0.25, -0.2) is 0 Å². The normalized spacial score (nSPS) is 22.8. The molecule has 2 aromatic carbocycles. The molecular formula is C16H15NO2. The number of carbonyl (C=O) groups excluding carboxylic acids is 1. The first-order valence-electron chi connectivity index (χ1n) is 6.37. The number of ether oxygens (including phenoxy) is 1. The van der Waals surface area contributed by atoms with Crippen LogP contribution in [0.25, 0.3) is 0 Å². The molecule has 0 radical (unpaired) electrons. The second-order valence-corrected chi connectivity index (χ2v) is 4.59. The minimum absolute atomic E-state index is 0.00120. The predicted molar refractivity (Wildman–Crippen MR) is 72.5 cm³/mol. The molecular weight excluding hydrogens is 238 g/mol. The van der Waals surface area contributed by atoms with Crippen molar-refractivity contribution in [2.24, 2.45) is 0 Å². The van der Waals surface area contributed by atoms with Crippen molar-refractivity contribution in [3.05, 3.63) is 71.8 Å². The number of nitrogens with one attached hydrogen (secondary N) is 1. The molecule has 1 fully saturated rings. The third-order valence-electron chi connectivity index (χ3n) is 3.31. The van der Waals surface area contributed by atoms with E-state index >= 15 is 0 Å². The van der Waals surface area contributed by atoms with E-state index in [0.29, 0.717) is 0 Å². The number of cyclic esters (lactones) is 1. The van der Waals surface area contributed by atoms with E-state index in [-0.39, 0.29) is 24.7 Å². The van der Waals surface area contributed by atoms with Crippen LogP contribution in [0.2, 0.25) is 0 Å². The highest BCUT2D eigenvalue weighted by Crippen LogP contribution is 2.34. The average Bonchev–Trinajstić information content (AvgIpc) is 2.49. The maximum atomic E-state index is 11.5. The van der Waals surface area contributed by atoms with Crippen molar-refractivity contribution in [2.75, 3.05) is 6.54 Å². The molecule has 0 aliphatic carbocycles. The van der Waals surface area contributed by atoms with Crippen molar-refractivity contribution in [1.29, 1.82) is 0 Å². The van der Waals surface area contributed by atoms with Crippen LogP contribution in [0.1, 0.15) is 23.3 Å². The molecule has 0 spiro atoms. The van der Waals surface area contributed by atoms with Crippen LogP contribution in [-0.2, 0) is 9.53 Å². The fourth-order valence-electron chi connectivity index (χ4n) is 2.41. The van der Waals surface area contributed by atoms with Crippen LogP contribution in [0.3, 0.4) is 0 Å². The van der Waals surface area contributed by atoms with E-state index in [4.69, 9.17) is 4.74 Å². The predicted octanol–water partition coefficient (Wildman–Crippen LogP) is 2.62. The van der Waals surface area contributed by atoms with Gasteiger partial charge < -0.3 is 4.74 Å². The molecule has 1 unspecified atom stereocenters. The molecule has 3 rings (SSSR count). The van der Waals surface area contributed by atoms with Crippen LogP contribution in [0.15, 0.2) is 60.7 Å². The summed E-state index contributed by atoms with van der Waals surface area (Å²) in [6.45, 7) is 0.253. The molecule has 0 bridgehead atoms. The molecule has 1 aliphatic rings. The average molecular weight is 253 g/mol. The number of benzene rings is 2. The van der Waals surface area contributed by atoms with Crippen molar-refractivity contribution in [3.63, 3.8) is 0 Å². The van der Waals surface area contributed by atoms with Gasteiger partial charge in [-0.15, -0.1) is 0 Å². The minimum Gasteiger partial charge on any atom is -0.454 e. The Morgan fingerprint density at radius 1 is 0.895 bits per heavy atom. The van der Waals surface area contributed by atoms with Gasteiger partial charge in [-0.1, -0.05) is 60.7 Å². The molecule has 3 heteroatoms. The lowest BCUT2D eigenvalue weighted by Crippen LogP contribution is -2.40. The lowest BCUT2D eigenvalue weighted by Gasteiger charge is -2.32. The fourth-order valence-corrected chi connectivity index (χ4v) is 2.41. The lowest BCUT2D eigenvalue weighted by atomic mass is 9.94. The first-order chi connectivity index (χ1) is 9.34. The van der Waals surface area contributed by atoms with Gasteiger partial charge in [-0.3, -0.25) is 10.1 Å². The molecule has 2 aromatic rings. The highest BCUT2D eigenvalue weighted by molar-refractivity contribution is 5.73. The summed E-state index contributed by atoms with van der Waals surface area (Å²) in [5.74, 6) is -0.207. The Morgan fingerprint density at radius 2 is 1.47 bits per heavy atom. The zero-order valence-corrected chi connectivity index (χ0v) is 10.5. The quantitative estimate of drug-likeness (QED) is 0.836. The molecule has 19 heavy (non-hydrogen) atoms. The van der Waals surface area contributed by atoms with Crippen molar-refractivity contribution in [3.8, 4) is 0 Å². The Kier molecular flexibility index (Phi) is 3.29. The summed E-state index contributed by atoms with van der Waals surface area (Å²) in [6, 6.07) is 19.9. The summed E-state index contributed by atoms with van der Waals surface area (Å²) < 4.78 is 5.54. The summed E-state index contributed by atoms with van der Waals surface area (Å²) in [6.07, 6.45) is -0.273. The summed E-state index contributed by atoms with van der Waals surface area (Å²) in [5, 5.41) is 3.26. The monoisotopic (exact) mass is 253 g/mol. The maximum absolute atomic E-state index is 11.5. The minimum atomic E-state index is -0.273. The summed E-state index contributed by atoms with van der Waals surface area (Å²) in [4.78, 5) is 11.5. The van der Waals surface area contributed by atoms with E-state index in [1.54, 1.807) is 0 Å². The summed E-state index contributed by atoms with van der Waals surface area (Å²) >= 11 is 0. The highest BCUT2D eigenvalue weighted by Gasteiger charge is 2.32. The Labute approximate surface area is 112 Å². The van der Waals surface area contributed by atoms with Crippen LogP contribution in [-0.4, -0.2) is 12.5 Å². The van der Waals surface area contributed by atoms with Crippen LogP contribution in [0.4, 0.5) is 0 Å². The molecule has 0 aromatic heterocycles. The Hall–Kier alpha value is -2.13. The van der Waals surface area contributed by atoms with E-state index < -0.39 is 0 Å². The molecule has 96 valence electrons. The molecule has 0 amide bonds. The second kappa shape index (κ2) is 5.24. The number of carbonyl (C=O) groups is 1. The van der Waals surface area contributed by atoms with Crippen LogP contribution in [0.5, 0.6) is 0 Å². The highest BCUT2D eigenvalue weighted by atomic mass is 16.5. The third-order valence-corrected chi connectivity index (χ3v) is 3.31. The third kappa shape index (κ3) is 2.51. The SMILES string of the molecule is O=C1CNC(c2ccccc2)[C@H](c2ccccc2)O1. The number of esters is 1. The maximum Gasteiger partial charge on any atom is 0.320 e. The van der Waals surface area contributed by atoms with Gasteiger partial charge in [0, 0.05) is 0 Å².